The molecule has 0 aromatic heterocycles. The van der Waals surface area contributed by atoms with Gasteiger partial charge in [-0.15, -0.1) is 0 Å². The fraction of sp³-hybridized carbons (Fsp3) is 0.429. The van der Waals surface area contributed by atoms with Crippen LogP contribution >= 0.6 is 0 Å². The molecule has 10 heteroatoms. The summed E-state index contributed by atoms with van der Waals surface area (Å²) < 4.78 is 10.8. The molecule has 0 aliphatic carbocycles. The highest BCUT2D eigenvalue weighted by atomic mass is 16.5. The Bertz CT molecular complexity index is 1280. The third-order valence-corrected chi connectivity index (χ3v) is 7.26. The molecule has 200 valence electrons. The summed E-state index contributed by atoms with van der Waals surface area (Å²) in [5.74, 6) is -1.05. The van der Waals surface area contributed by atoms with Crippen LogP contribution in [0.4, 0.5) is 17.1 Å². The van der Waals surface area contributed by atoms with Crippen molar-refractivity contribution in [1.29, 1.82) is 0 Å². The molecule has 0 radical (unpaired) electrons. The second-order valence-electron chi connectivity index (χ2n) is 9.72. The quantitative estimate of drug-likeness (QED) is 0.577. The molecule has 2 aromatic rings. The van der Waals surface area contributed by atoms with Gasteiger partial charge in [0.15, 0.2) is 12.2 Å². The lowest BCUT2D eigenvalue weighted by molar-refractivity contribution is -0.150. The molecule has 3 heterocycles. The standard InChI is InChI=1S/C28H32N4O6/c1-3-17(2)24-22-8-7-19(13-18(22)15-29-24)30-27(35)25(34)26-28(36)32(10-12-38-26)21-6-4-5-20(14-21)31-9-11-37-16-23(31)33/h4-8,13-14,17,25-26,34H,3,9-12,15-16H2,1-2H3,(H,30,35). The van der Waals surface area contributed by atoms with Crippen LogP contribution in [0.5, 0.6) is 0 Å². The predicted molar refractivity (Wildman–Crippen MR) is 142 cm³/mol. The number of nitrogens with zero attached hydrogens (tertiary/aromatic N) is 3. The van der Waals surface area contributed by atoms with Crippen LogP contribution in [0, 0.1) is 5.92 Å². The Morgan fingerprint density at radius 2 is 1.89 bits per heavy atom. The van der Waals surface area contributed by atoms with Gasteiger partial charge in [0.1, 0.15) is 6.61 Å². The zero-order chi connectivity index (χ0) is 26.8. The van der Waals surface area contributed by atoms with E-state index in [-0.39, 0.29) is 25.7 Å². The summed E-state index contributed by atoms with van der Waals surface area (Å²) in [7, 11) is 0. The minimum absolute atomic E-state index is 0.0142. The molecule has 2 aromatic carbocycles. The molecular weight excluding hydrogens is 488 g/mol. The van der Waals surface area contributed by atoms with Gasteiger partial charge in [-0.25, -0.2) is 0 Å². The normalized spacial score (nSPS) is 21.1. The Morgan fingerprint density at radius 3 is 2.66 bits per heavy atom. The molecule has 2 N–H and O–H groups in total. The van der Waals surface area contributed by atoms with Crippen molar-refractivity contribution in [3.63, 3.8) is 0 Å². The van der Waals surface area contributed by atoms with E-state index in [2.05, 4.69) is 24.2 Å². The van der Waals surface area contributed by atoms with Crippen LogP contribution in [0.25, 0.3) is 0 Å². The number of ether oxygens (including phenoxy) is 2. The first kappa shape index (κ1) is 26.0. The Morgan fingerprint density at radius 1 is 1.13 bits per heavy atom. The number of rotatable bonds is 7. The van der Waals surface area contributed by atoms with Gasteiger partial charge in [0.25, 0.3) is 17.7 Å². The van der Waals surface area contributed by atoms with E-state index in [9.17, 15) is 19.5 Å². The van der Waals surface area contributed by atoms with Gasteiger partial charge in [-0.2, -0.15) is 0 Å². The van der Waals surface area contributed by atoms with Crippen LogP contribution in [0.3, 0.4) is 0 Å². The largest absolute Gasteiger partial charge is 0.380 e. The number of aliphatic imine (C=N–C) groups is 1. The Labute approximate surface area is 221 Å². The van der Waals surface area contributed by atoms with Gasteiger partial charge in [-0.3, -0.25) is 19.4 Å². The summed E-state index contributed by atoms with van der Waals surface area (Å²) in [6.45, 7) is 6.10. The molecule has 3 unspecified atom stereocenters. The predicted octanol–water partition coefficient (Wildman–Crippen LogP) is 2.13. The SMILES string of the molecule is CCC(C)C1=NCc2cc(NC(=O)C(O)C3OCCN(c4cccc(N5CCOCC5=O)c4)C3=O)ccc21. The number of hydrogen-bond donors (Lipinski definition) is 2. The maximum atomic E-state index is 13.3. The molecule has 0 saturated carbocycles. The highest BCUT2D eigenvalue weighted by Crippen LogP contribution is 2.29. The topological polar surface area (TPSA) is 121 Å². The lowest BCUT2D eigenvalue weighted by Crippen LogP contribution is -2.55. The smallest absolute Gasteiger partial charge is 0.259 e. The number of carbonyl (C=O) groups excluding carboxylic acids is 3. The summed E-state index contributed by atoms with van der Waals surface area (Å²) >= 11 is 0. The molecule has 3 aliphatic heterocycles. The second-order valence-corrected chi connectivity index (χ2v) is 9.72. The van der Waals surface area contributed by atoms with Crippen LogP contribution in [0.1, 0.15) is 31.4 Å². The third kappa shape index (κ3) is 5.07. The van der Waals surface area contributed by atoms with Gasteiger partial charge in [-0.05, 0) is 48.2 Å². The van der Waals surface area contributed by atoms with E-state index in [1.54, 1.807) is 35.2 Å². The number of amides is 3. The zero-order valence-corrected chi connectivity index (χ0v) is 21.6. The molecule has 0 bridgehead atoms. The molecule has 38 heavy (non-hydrogen) atoms. The number of hydrogen-bond acceptors (Lipinski definition) is 7. The fourth-order valence-corrected chi connectivity index (χ4v) is 4.98. The van der Waals surface area contributed by atoms with E-state index in [1.165, 1.54) is 4.90 Å². The number of fused-ring (bicyclic) bond motifs is 1. The first-order chi connectivity index (χ1) is 18.4. The monoisotopic (exact) mass is 520 g/mol. The first-order valence-corrected chi connectivity index (χ1v) is 12.9. The van der Waals surface area contributed by atoms with Crippen LogP contribution in [0.2, 0.25) is 0 Å². The fourth-order valence-electron chi connectivity index (χ4n) is 4.98. The Kier molecular flexibility index (Phi) is 7.55. The average Bonchev–Trinajstić information content (AvgIpc) is 3.36. The summed E-state index contributed by atoms with van der Waals surface area (Å²) in [6, 6.07) is 12.6. The van der Waals surface area contributed by atoms with Crippen LogP contribution in [-0.4, -0.2) is 73.7 Å². The number of aliphatic hydroxyl groups excluding tert-OH is 1. The molecule has 3 aliphatic rings. The number of aliphatic hydroxyl groups is 1. The minimum atomic E-state index is -1.70. The highest BCUT2D eigenvalue weighted by Gasteiger charge is 2.39. The van der Waals surface area contributed by atoms with Gasteiger partial charge >= 0.3 is 0 Å². The van der Waals surface area contributed by atoms with Crippen molar-refractivity contribution in [3.05, 3.63) is 53.6 Å². The number of carbonyl (C=O) groups is 3. The molecular formula is C28H32N4O6. The summed E-state index contributed by atoms with van der Waals surface area (Å²) in [4.78, 5) is 46.2. The Hall–Kier alpha value is -3.60. The van der Waals surface area contributed by atoms with Gasteiger partial charge < -0.3 is 29.7 Å². The van der Waals surface area contributed by atoms with Crippen molar-refractivity contribution >= 4 is 40.5 Å². The van der Waals surface area contributed by atoms with E-state index >= 15 is 0 Å². The number of benzene rings is 2. The lowest BCUT2D eigenvalue weighted by Gasteiger charge is -2.35. The summed E-state index contributed by atoms with van der Waals surface area (Å²) in [6.07, 6.45) is -2.06. The van der Waals surface area contributed by atoms with E-state index < -0.39 is 24.0 Å². The molecule has 3 amide bonds. The molecule has 0 spiro atoms. The van der Waals surface area contributed by atoms with Crippen molar-refractivity contribution in [2.45, 2.75) is 39.0 Å². The van der Waals surface area contributed by atoms with E-state index in [0.29, 0.717) is 42.7 Å². The van der Waals surface area contributed by atoms with Crippen LogP contribution < -0.4 is 15.1 Å². The van der Waals surface area contributed by atoms with Crippen molar-refractivity contribution in [2.75, 3.05) is 48.0 Å². The molecule has 10 nitrogen and oxygen atoms in total. The van der Waals surface area contributed by atoms with Gasteiger partial charge in [0.2, 0.25) is 0 Å². The number of anilines is 3. The van der Waals surface area contributed by atoms with Gasteiger partial charge in [0, 0.05) is 41.4 Å². The summed E-state index contributed by atoms with van der Waals surface area (Å²) in [5.41, 5.74) is 4.91. The highest BCUT2D eigenvalue weighted by molar-refractivity contribution is 6.07. The maximum Gasteiger partial charge on any atom is 0.259 e. The Balaban J connectivity index is 1.26. The molecule has 5 rings (SSSR count). The van der Waals surface area contributed by atoms with Gasteiger partial charge in [-0.1, -0.05) is 26.0 Å². The second kappa shape index (κ2) is 11.0. The van der Waals surface area contributed by atoms with Crippen molar-refractivity contribution in [3.8, 4) is 0 Å². The van der Waals surface area contributed by atoms with Gasteiger partial charge in [0.05, 0.1) is 19.8 Å². The minimum Gasteiger partial charge on any atom is -0.380 e. The zero-order valence-electron chi connectivity index (χ0n) is 21.6. The third-order valence-electron chi connectivity index (χ3n) is 7.26. The van der Waals surface area contributed by atoms with E-state index in [0.717, 1.165) is 23.3 Å². The average molecular weight is 521 g/mol. The van der Waals surface area contributed by atoms with Crippen molar-refractivity contribution in [1.82, 2.24) is 0 Å². The van der Waals surface area contributed by atoms with Crippen molar-refractivity contribution < 1.29 is 29.0 Å². The first-order valence-electron chi connectivity index (χ1n) is 12.9. The number of morpholine rings is 2. The number of nitrogens with one attached hydrogen (secondary N) is 1. The van der Waals surface area contributed by atoms with E-state index in [1.807, 2.05) is 12.1 Å². The van der Waals surface area contributed by atoms with Crippen molar-refractivity contribution in [2.24, 2.45) is 10.9 Å². The molecule has 2 saturated heterocycles. The van der Waals surface area contributed by atoms with Crippen LogP contribution in [0.15, 0.2) is 47.5 Å². The van der Waals surface area contributed by atoms with Crippen LogP contribution in [-0.2, 0) is 30.4 Å². The van der Waals surface area contributed by atoms with E-state index in [4.69, 9.17) is 9.47 Å². The molecule has 3 atom stereocenters. The maximum absolute atomic E-state index is 13.3. The lowest BCUT2D eigenvalue weighted by atomic mass is 9.94. The summed E-state index contributed by atoms with van der Waals surface area (Å²) in [5, 5.41) is 13.5. The molecule has 2 fully saturated rings.